The van der Waals surface area contributed by atoms with Gasteiger partial charge in [-0.3, -0.25) is 0 Å². The second-order valence-electron chi connectivity index (χ2n) is 3.87. The number of carboxylic acids is 1. The van der Waals surface area contributed by atoms with Gasteiger partial charge in [-0.15, -0.1) is 0 Å². The van der Waals surface area contributed by atoms with Crippen molar-refractivity contribution in [3.8, 4) is 16.9 Å². The first kappa shape index (κ1) is 11.2. The van der Waals surface area contributed by atoms with Gasteiger partial charge in [0.05, 0.1) is 5.56 Å². The number of phenolic OH excluding ortho intramolecular Hbond substituents is 1. The van der Waals surface area contributed by atoms with Gasteiger partial charge in [-0.2, -0.15) is 0 Å². The molecule has 0 aliphatic carbocycles. The smallest absolute Gasteiger partial charge is 0.336 e. The van der Waals surface area contributed by atoms with E-state index in [0.717, 1.165) is 5.56 Å². The molecule has 2 aromatic carbocycles. The molecule has 2 rings (SSSR count). The number of hydrogen-bond acceptors (Lipinski definition) is 2. The summed E-state index contributed by atoms with van der Waals surface area (Å²) in [5.41, 5.74) is 2.14. The number of para-hydroxylation sites is 1. The van der Waals surface area contributed by atoms with Gasteiger partial charge < -0.3 is 10.2 Å². The van der Waals surface area contributed by atoms with Crippen molar-refractivity contribution in [3.05, 3.63) is 53.6 Å². The Bertz CT molecular complexity index is 573. The lowest BCUT2D eigenvalue weighted by Crippen LogP contribution is -2.00. The molecular weight excluding hydrogens is 216 g/mol. The maximum atomic E-state index is 11.2. The second-order valence-corrected chi connectivity index (χ2v) is 3.87. The predicted molar refractivity (Wildman–Crippen MR) is 65.2 cm³/mol. The van der Waals surface area contributed by atoms with Gasteiger partial charge in [0.2, 0.25) is 0 Å². The number of carboxylic acid groups (broad SMARTS) is 1. The number of carbonyl (C=O) groups is 1. The first-order valence-corrected chi connectivity index (χ1v) is 5.22. The Kier molecular flexibility index (Phi) is 2.83. The Morgan fingerprint density at radius 2 is 1.76 bits per heavy atom. The molecule has 3 nitrogen and oxygen atoms in total. The average molecular weight is 228 g/mol. The van der Waals surface area contributed by atoms with E-state index in [0.29, 0.717) is 11.1 Å². The SMILES string of the molecule is Cc1ccc(-c2ccccc2O)c(C(=O)O)c1. The summed E-state index contributed by atoms with van der Waals surface area (Å²) >= 11 is 0. The highest BCUT2D eigenvalue weighted by Gasteiger charge is 2.13. The third-order valence-corrected chi connectivity index (χ3v) is 2.60. The Hall–Kier alpha value is -2.29. The zero-order valence-electron chi connectivity index (χ0n) is 9.34. The summed E-state index contributed by atoms with van der Waals surface area (Å²) in [6, 6.07) is 11.9. The number of phenols is 1. The van der Waals surface area contributed by atoms with Crippen LogP contribution in [0.2, 0.25) is 0 Å². The topological polar surface area (TPSA) is 57.5 Å². The highest BCUT2D eigenvalue weighted by molar-refractivity contribution is 5.97. The van der Waals surface area contributed by atoms with Crippen molar-refractivity contribution in [2.75, 3.05) is 0 Å². The first-order chi connectivity index (χ1) is 8.09. The molecule has 0 amide bonds. The van der Waals surface area contributed by atoms with E-state index in [-0.39, 0.29) is 11.3 Å². The normalized spacial score (nSPS) is 10.2. The van der Waals surface area contributed by atoms with Gasteiger partial charge in [0, 0.05) is 5.56 Å². The highest BCUT2D eigenvalue weighted by atomic mass is 16.4. The molecule has 0 fully saturated rings. The van der Waals surface area contributed by atoms with Crippen LogP contribution in [0.4, 0.5) is 0 Å². The number of hydrogen-bond donors (Lipinski definition) is 2. The third kappa shape index (κ3) is 2.13. The van der Waals surface area contributed by atoms with Crippen LogP contribution in [-0.4, -0.2) is 16.2 Å². The predicted octanol–water partition coefficient (Wildman–Crippen LogP) is 3.07. The monoisotopic (exact) mass is 228 g/mol. The van der Waals surface area contributed by atoms with Gasteiger partial charge in [-0.1, -0.05) is 35.9 Å². The molecule has 3 heteroatoms. The molecule has 0 unspecified atom stereocenters. The van der Waals surface area contributed by atoms with Gasteiger partial charge in [-0.25, -0.2) is 4.79 Å². The fourth-order valence-electron chi connectivity index (χ4n) is 1.77. The van der Waals surface area contributed by atoms with Gasteiger partial charge in [0.25, 0.3) is 0 Å². The lowest BCUT2D eigenvalue weighted by Gasteiger charge is -2.09. The van der Waals surface area contributed by atoms with Crippen LogP contribution in [0.1, 0.15) is 15.9 Å². The van der Waals surface area contributed by atoms with Crippen molar-refractivity contribution in [2.45, 2.75) is 6.92 Å². The summed E-state index contributed by atoms with van der Waals surface area (Å²) in [5, 5.41) is 18.9. The molecule has 0 radical (unpaired) electrons. The maximum Gasteiger partial charge on any atom is 0.336 e. The number of aromatic carboxylic acids is 1. The van der Waals surface area contributed by atoms with Crippen LogP contribution in [0, 0.1) is 6.92 Å². The molecule has 17 heavy (non-hydrogen) atoms. The summed E-state index contributed by atoms with van der Waals surface area (Å²) in [6.45, 7) is 1.83. The largest absolute Gasteiger partial charge is 0.507 e. The Morgan fingerprint density at radius 3 is 2.41 bits per heavy atom. The van der Waals surface area contributed by atoms with E-state index in [1.165, 1.54) is 0 Å². The summed E-state index contributed by atoms with van der Waals surface area (Å²) in [7, 11) is 0. The third-order valence-electron chi connectivity index (χ3n) is 2.60. The number of rotatable bonds is 2. The van der Waals surface area contributed by atoms with Gasteiger partial charge in [0.1, 0.15) is 5.75 Å². The summed E-state index contributed by atoms with van der Waals surface area (Å²) < 4.78 is 0. The zero-order valence-corrected chi connectivity index (χ0v) is 9.34. The fraction of sp³-hybridized carbons (Fsp3) is 0.0714. The van der Waals surface area contributed by atoms with E-state index in [9.17, 15) is 9.90 Å². The molecule has 0 aliphatic heterocycles. The highest BCUT2D eigenvalue weighted by Crippen LogP contribution is 2.31. The molecule has 0 atom stereocenters. The van der Waals surface area contributed by atoms with E-state index in [1.54, 1.807) is 36.4 Å². The maximum absolute atomic E-state index is 11.2. The van der Waals surface area contributed by atoms with E-state index in [4.69, 9.17) is 5.11 Å². The van der Waals surface area contributed by atoms with E-state index in [1.807, 2.05) is 13.0 Å². The van der Waals surface area contributed by atoms with Crippen molar-refractivity contribution in [1.29, 1.82) is 0 Å². The minimum atomic E-state index is -0.994. The molecule has 0 saturated carbocycles. The van der Waals surface area contributed by atoms with Crippen molar-refractivity contribution in [3.63, 3.8) is 0 Å². The molecule has 86 valence electrons. The quantitative estimate of drug-likeness (QED) is 0.830. The van der Waals surface area contributed by atoms with E-state index < -0.39 is 5.97 Å². The Labute approximate surface area is 99.0 Å². The lowest BCUT2D eigenvalue weighted by molar-refractivity contribution is 0.0697. The summed E-state index contributed by atoms with van der Waals surface area (Å²) in [6.07, 6.45) is 0. The molecule has 0 bridgehead atoms. The fourth-order valence-corrected chi connectivity index (χ4v) is 1.77. The van der Waals surface area contributed by atoms with Crippen LogP contribution < -0.4 is 0 Å². The average Bonchev–Trinajstić information content (AvgIpc) is 2.30. The van der Waals surface area contributed by atoms with Gasteiger partial charge >= 0.3 is 5.97 Å². The summed E-state index contributed by atoms with van der Waals surface area (Å²) in [4.78, 5) is 11.2. The molecular formula is C14H12O3. The van der Waals surface area contributed by atoms with Crippen molar-refractivity contribution in [2.24, 2.45) is 0 Å². The van der Waals surface area contributed by atoms with Crippen molar-refractivity contribution >= 4 is 5.97 Å². The van der Waals surface area contributed by atoms with E-state index >= 15 is 0 Å². The molecule has 0 aromatic heterocycles. The number of benzene rings is 2. The van der Waals surface area contributed by atoms with Gasteiger partial charge in [0.15, 0.2) is 0 Å². The molecule has 2 aromatic rings. The molecule has 0 heterocycles. The lowest BCUT2D eigenvalue weighted by atomic mass is 9.97. The van der Waals surface area contributed by atoms with Crippen LogP contribution in [-0.2, 0) is 0 Å². The van der Waals surface area contributed by atoms with Crippen LogP contribution in [0.5, 0.6) is 5.75 Å². The second kappa shape index (κ2) is 4.29. The molecule has 0 aliphatic rings. The standard InChI is InChI=1S/C14H12O3/c1-9-6-7-10(12(8-9)14(16)17)11-4-2-3-5-13(11)15/h2-8,15H,1H3,(H,16,17). The number of aryl methyl sites for hydroxylation is 1. The summed E-state index contributed by atoms with van der Waals surface area (Å²) in [5.74, 6) is -0.911. The van der Waals surface area contributed by atoms with Crippen LogP contribution >= 0.6 is 0 Å². The van der Waals surface area contributed by atoms with Crippen molar-refractivity contribution < 1.29 is 15.0 Å². The molecule has 2 N–H and O–H groups in total. The van der Waals surface area contributed by atoms with Gasteiger partial charge in [-0.05, 0) is 24.6 Å². The Balaban J connectivity index is 2.68. The minimum absolute atomic E-state index is 0.0823. The van der Waals surface area contributed by atoms with Crippen LogP contribution in [0.25, 0.3) is 11.1 Å². The first-order valence-electron chi connectivity index (χ1n) is 5.22. The Morgan fingerprint density at radius 1 is 1.06 bits per heavy atom. The molecule has 0 saturated heterocycles. The number of aromatic hydroxyl groups is 1. The minimum Gasteiger partial charge on any atom is -0.507 e. The van der Waals surface area contributed by atoms with Crippen molar-refractivity contribution in [1.82, 2.24) is 0 Å². The van der Waals surface area contributed by atoms with E-state index in [2.05, 4.69) is 0 Å². The van der Waals surface area contributed by atoms with Crippen LogP contribution in [0.15, 0.2) is 42.5 Å². The zero-order chi connectivity index (χ0) is 12.4. The molecule has 0 spiro atoms. The van der Waals surface area contributed by atoms with Crippen LogP contribution in [0.3, 0.4) is 0 Å².